The third-order valence-corrected chi connectivity index (χ3v) is 3.34. The lowest BCUT2D eigenvalue weighted by molar-refractivity contribution is 0.243. The third kappa shape index (κ3) is 4.38. The number of rotatable bonds is 3. The molecule has 2 amide bonds. The molecule has 0 bridgehead atoms. The molecule has 0 aromatic heterocycles. The highest BCUT2D eigenvalue weighted by molar-refractivity contribution is 6.30. The minimum atomic E-state index is -0.518. The Bertz CT molecular complexity index is 676. The van der Waals surface area contributed by atoms with Gasteiger partial charge in [0, 0.05) is 16.8 Å². The third-order valence-electron chi connectivity index (χ3n) is 2.92. The normalized spacial score (nSPS) is 12.5. The predicted molar refractivity (Wildman–Crippen MR) is 88.9 cm³/mol. The Morgan fingerprint density at radius 3 is 2.41 bits per heavy atom. The zero-order chi connectivity index (χ0) is 15.9. The molecule has 114 valence electrons. The number of hydrogen-bond acceptors (Lipinski definition) is 2. The van der Waals surface area contributed by atoms with Crippen molar-refractivity contribution in [3.05, 3.63) is 70.7 Å². The standard InChI is InChI=1S/C15H14Cl2N4O/c16-12-8-4-7-11(9-12)13(10-5-2-1-3-6-10)19-15(22)20-14(18)21-17/h1-9,13H,(H4,18,19,20,21,22). The number of urea groups is 1. The van der Waals surface area contributed by atoms with Gasteiger partial charge >= 0.3 is 6.03 Å². The molecule has 0 aliphatic carbocycles. The fraction of sp³-hybridized carbons (Fsp3) is 0.0667. The van der Waals surface area contributed by atoms with E-state index in [1.165, 1.54) is 0 Å². The van der Waals surface area contributed by atoms with E-state index >= 15 is 0 Å². The lowest BCUT2D eigenvalue weighted by atomic mass is 9.99. The summed E-state index contributed by atoms with van der Waals surface area (Å²) in [7, 11) is 0. The van der Waals surface area contributed by atoms with E-state index in [1.54, 1.807) is 12.1 Å². The SMILES string of the molecule is NC(=NCl)NC(=O)NC(c1ccccc1)c1cccc(Cl)c1. The molecule has 0 spiro atoms. The molecule has 0 aliphatic rings. The second-order valence-electron chi connectivity index (χ2n) is 4.47. The van der Waals surface area contributed by atoms with E-state index < -0.39 is 6.03 Å². The molecular weight excluding hydrogens is 323 g/mol. The summed E-state index contributed by atoms with van der Waals surface area (Å²) < 4.78 is 3.17. The van der Waals surface area contributed by atoms with Crippen molar-refractivity contribution in [2.75, 3.05) is 0 Å². The van der Waals surface area contributed by atoms with Gasteiger partial charge in [-0.2, -0.15) is 0 Å². The van der Waals surface area contributed by atoms with E-state index in [2.05, 4.69) is 15.1 Å². The van der Waals surface area contributed by atoms with Crippen molar-refractivity contribution in [2.45, 2.75) is 6.04 Å². The fourth-order valence-electron chi connectivity index (χ4n) is 2.00. The maximum absolute atomic E-state index is 12.0. The van der Waals surface area contributed by atoms with Gasteiger partial charge in [-0.25, -0.2) is 4.79 Å². The summed E-state index contributed by atoms with van der Waals surface area (Å²) in [6.07, 6.45) is 0. The quantitative estimate of drug-likeness (QED) is 0.594. The van der Waals surface area contributed by atoms with Crippen LogP contribution in [0.5, 0.6) is 0 Å². The molecule has 1 atom stereocenters. The summed E-state index contributed by atoms with van der Waals surface area (Å²) in [4.78, 5) is 12.0. The van der Waals surface area contributed by atoms with Crippen LogP contribution in [0.4, 0.5) is 4.79 Å². The van der Waals surface area contributed by atoms with Gasteiger partial charge in [0.05, 0.1) is 6.04 Å². The number of carbonyl (C=O) groups is 1. The highest BCUT2D eigenvalue weighted by Gasteiger charge is 2.17. The minimum absolute atomic E-state index is 0.183. The van der Waals surface area contributed by atoms with Crippen LogP contribution >= 0.6 is 23.4 Å². The molecule has 2 rings (SSSR count). The first-order valence-electron chi connectivity index (χ1n) is 6.42. The molecule has 1 unspecified atom stereocenters. The van der Waals surface area contributed by atoms with Crippen molar-refractivity contribution >= 4 is 35.4 Å². The van der Waals surface area contributed by atoms with Gasteiger partial charge in [0.15, 0.2) is 0 Å². The average molecular weight is 337 g/mol. The molecule has 0 aliphatic heterocycles. The van der Waals surface area contributed by atoms with Crippen molar-refractivity contribution < 1.29 is 4.79 Å². The van der Waals surface area contributed by atoms with Gasteiger partial charge < -0.3 is 11.1 Å². The van der Waals surface area contributed by atoms with Crippen LogP contribution in [0.2, 0.25) is 5.02 Å². The lowest BCUT2D eigenvalue weighted by Gasteiger charge is -2.20. The molecule has 0 radical (unpaired) electrons. The van der Waals surface area contributed by atoms with Crippen molar-refractivity contribution in [1.29, 1.82) is 0 Å². The Kier molecular flexibility index (Phi) is 5.63. The van der Waals surface area contributed by atoms with E-state index in [1.807, 2.05) is 42.5 Å². The predicted octanol–water partition coefficient (Wildman–Crippen LogP) is 3.20. The highest BCUT2D eigenvalue weighted by atomic mass is 35.5. The smallest absolute Gasteiger partial charge is 0.322 e. The summed E-state index contributed by atoms with van der Waals surface area (Å²) in [6.45, 7) is 0. The van der Waals surface area contributed by atoms with Crippen LogP contribution < -0.4 is 16.4 Å². The molecule has 2 aromatic rings. The van der Waals surface area contributed by atoms with Crippen LogP contribution in [0.1, 0.15) is 17.2 Å². The number of nitrogens with two attached hydrogens (primary N) is 1. The van der Waals surface area contributed by atoms with Crippen LogP contribution in [-0.2, 0) is 0 Å². The van der Waals surface area contributed by atoms with Crippen LogP contribution in [0.25, 0.3) is 0 Å². The number of carbonyl (C=O) groups excluding carboxylic acids is 1. The van der Waals surface area contributed by atoms with Crippen molar-refractivity contribution in [3.63, 3.8) is 0 Å². The van der Waals surface area contributed by atoms with E-state index in [9.17, 15) is 4.79 Å². The fourth-order valence-corrected chi connectivity index (χ4v) is 2.24. The molecule has 22 heavy (non-hydrogen) atoms. The van der Waals surface area contributed by atoms with Crippen LogP contribution in [-0.4, -0.2) is 12.0 Å². The molecular formula is C15H14Cl2N4O. The first-order valence-corrected chi connectivity index (χ1v) is 7.14. The average Bonchev–Trinajstić information content (AvgIpc) is 2.53. The topological polar surface area (TPSA) is 79.5 Å². The van der Waals surface area contributed by atoms with E-state index in [4.69, 9.17) is 29.1 Å². The van der Waals surface area contributed by atoms with Gasteiger partial charge in [-0.15, -0.1) is 4.51 Å². The first-order chi connectivity index (χ1) is 10.6. The molecule has 5 nitrogen and oxygen atoms in total. The summed E-state index contributed by atoms with van der Waals surface area (Å²) >= 11 is 11.2. The highest BCUT2D eigenvalue weighted by Crippen LogP contribution is 2.24. The Balaban J connectivity index is 2.29. The molecule has 0 saturated heterocycles. The summed E-state index contributed by atoms with van der Waals surface area (Å²) in [5, 5.41) is 5.73. The second-order valence-corrected chi connectivity index (χ2v) is 5.07. The Labute approximate surface area is 138 Å². The number of guanidine groups is 1. The molecule has 0 fully saturated rings. The van der Waals surface area contributed by atoms with E-state index in [0.29, 0.717) is 5.02 Å². The second kappa shape index (κ2) is 7.68. The molecule has 4 N–H and O–H groups in total. The number of amides is 2. The Morgan fingerprint density at radius 2 is 1.77 bits per heavy atom. The van der Waals surface area contributed by atoms with Gasteiger partial charge in [0.25, 0.3) is 0 Å². The largest absolute Gasteiger partial charge is 0.368 e. The molecule has 0 saturated carbocycles. The number of benzene rings is 2. The Morgan fingerprint density at radius 1 is 1.09 bits per heavy atom. The van der Waals surface area contributed by atoms with Gasteiger partial charge in [0.1, 0.15) is 0 Å². The monoisotopic (exact) mass is 336 g/mol. The molecule has 2 aromatic carbocycles. The van der Waals surface area contributed by atoms with E-state index in [-0.39, 0.29) is 12.0 Å². The van der Waals surface area contributed by atoms with Gasteiger partial charge in [-0.05, 0) is 23.3 Å². The lowest BCUT2D eigenvalue weighted by Crippen LogP contribution is -2.44. The zero-order valence-corrected chi connectivity index (χ0v) is 13.0. The summed E-state index contributed by atoms with van der Waals surface area (Å²) in [6, 6.07) is 15.8. The zero-order valence-electron chi connectivity index (χ0n) is 11.5. The van der Waals surface area contributed by atoms with E-state index in [0.717, 1.165) is 11.1 Å². The first kappa shape index (κ1) is 16.1. The van der Waals surface area contributed by atoms with Crippen LogP contribution in [0.15, 0.2) is 59.1 Å². The maximum Gasteiger partial charge on any atom is 0.322 e. The molecule has 0 heterocycles. The molecule has 7 heteroatoms. The number of nitrogens with zero attached hydrogens (tertiary/aromatic N) is 1. The van der Waals surface area contributed by atoms with Crippen molar-refractivity contribution in [3.8, 4) is 0 Å². The van der Waals surface area contributed by atoms with Gasteiger partial charge in [-0.3, -0.25) is 5.32 Å². The van der Waals surface area contributed by atoms with Gasteiger partial charge in [-0.1, -0.05) is 54.1 Å². The van der Waals surface area contributed by atoms with Crippen LogP contribution in [0, 0.1) is 0 Å². The Hall–Kier alpha value is -2.24. The number of halogens is 2. The van der Waals surface area contributed by atoms with Gasteiger partial charge in [0.2, 0.25) is 5.96 Å². The van der Waals surface area contributed by atoms with Crippen molar-refractivity contribution in [1.82, 2.24) is 10.6 Å². The number of hydrogen-bond donors (Lipinski definition) is 3. The maximum atomic E-state index is 12.0. The summed E-state index contributed by atoms with van der Waals surface area (Å²) in [5.74, 6) is -0.183. The van der Waals surface area contributed by atoms with Crippen molar-refractivity contribution in [2.24, 2.45) is 10.2 Å². The number of nitrogens with one attached hydrogen (secondary N) is 2. The van der Waals surface area contributed by atoms with Crippen LogP contribution in [0.3, 0.4) is 0 Å². The minimum Gasteiger partial charge on any atom is -0.368 e. The summed E-state index contributed by atoms with van der Waals surface area (Å²) in [5.41, 5.74) is 7.12.